The van der Waals surface area contributed by atoms with Crippen LogP contribution in [0.3, 0.4) is 0 Å². The Bertz CT molecular complexity index is 1000. The van der Waals surface area contributed by atoms with Gasteiger partial charge in [-0.1, -0.05) is 25.1 Å². The van der Waals surface area contributed by atoms with E-state index < -0.39 is 10.0 Å². The predicted molar refractivity (Wildman–Crippen MR) is 123 cm³/mol. The molecule has 0 aliphatic carbocycles. The van der Waals surface area contributed by atoms with Gasteiger partial charge in [0.05, 0.1) is 31.2 Å². The molecule has 1 atom stereocenters. The molecule has 7 nitrogen and oxygen atoms in total. The van der Waals surface area contributed by atoms with Crippen LogP contribution in [0, 0.1) is 6.92 Å². The van der Waals surface area contributed by atoms with Gasteiger partial charge in [-0.25, -0.2) is 8.42 Å². The van der Waals surface area contributed by atoms with Crippen LogP contribution in [0.15, 0.2) is 42.5 Å². The Labute approximate surface area is 185 Å². The highest BCUT2D eigenvalue weighted by atomic mass is 32.2. The van der Waals surface area contributed by atoms with E-state index in [-0.39, 0.29) is 24.6 Å². The smallest absolute Gasteiger partial charge is 0.241 e. The van der Waals surface area contributed by atoms with Gasteiger partial charge in [0.1, 0.15) is 18.0 Å². The third kappa shape index (κ3) is 6.89. The minimum absolute atomic E-state index is 0.0523. The van der Waals surface area contributed by atoms with Crippen molar-refractivity contribution in [3.63, 3.8) is 0 Å². The Balaban J connectivity index is 2.22. The number of amides is 1. The summed E-state index contributed by atoms with van der Waals surface area (Å²) < 4.78 is 36.9. The van der Waals surface area contributed by atoms with Crippen LogP contribution >= 0.6 is 0 Å². The Morgan fingerprint density at radius 1 is 1.16 bits per heavy atom. The number of rotatable bonds is 10. The Kier molecular flexibility index (Phi) is 8.33. The van der Waals surface area contributed by atoms with Gasteiger partial charge in [0.25, 0.3) is 0 Å². The number of nitrogens with zero attached hydrogens (tertiary/aromatic N) is 1. The van der Waals surface area contributed by atoms with E-state index in [1.165, 1.54) is 0 Å². The second-order valence-electron chi connectivity index (χ2n) is 7.69. The lowest BCUT2D eigenvalue weighted by Gasteiger charge is -2.25. The molecule has 0 radical (unpaired) electrons. The monoisotopic (exact) mass is 448 g/mol. The summed E-state index contributed by atoms with van der Waals surface area (Å²) in [6.45, 7) is 7.36. The lowest BCUT2D eigenvalue weighted by atomic mass is 10.0. The number of methoxy groups -OCH3 is 1. The van der Waals surface area contributed by atoms with E-state index in [9.17, 15) is 13.2 Å². The molecule has 0 heterocycles. The zero-order valence-corrected chi connectivity index (χ0v) is 19.8. The molecule has 0 bridgehead atoms. The number of ether oxygens (including phenoxy) is 2. The SMILES string of the molecule is CC[C@H](NC(=O)CN(c1cccc(OC(C)C)c1)S(C)(=O)=O)c1ccc(OC)c(C)c1. The maximum Gasteiger partial charge on any atom is 0.241 e. The van der Waals surface area contributed by atoms with Crippen molar-refractivity contribution in [2.75, 3.05) is 24.2 Å². The van der Waals surface area contributed by atoms with E-state index in [0.717, 1.165) is 27.4 Å². The number of sulfonamides is 1. The molecule has 0 spiro atoms. The first-order valence-electron chi connectivity index (χ1n) is 10.2. The maximum atomic E-state index is 12.8. The number of anilines is 1. The topological polar surface area (TPSA) is 84.9 Å². The maximum absolute atomic E-state index is 12.8. The van der Waals surface area contributed by atoms with Crippen LogP contribution in [0.2, 0.25) is 0 Å². The van der Waals surface area contributed by atoms with Gasteiger partial charge in [-0.2, -0.15) is 0 Å². The minimum Gasteiger partial charge on any atom is -0.496 e. The molecule has 0 aliphatic rings. The van der Waals surface area contributed by atoms with Crippen LogP contribution in [0.1, 0.15) is 44.4 Å². The van der Waals surface area contributed by atoms with Crippen LogP contribution in [-0.4, -0.2) is 40.3 Å². The molecular formula is C23H32N2O5S. The van der Waals surface area contributed by atoms with Gasteiger partial charge in [-0.15, -0.1) is 0 Å². The largest absolute Gasteiger partial charge is 0.496 e. The fourth-order valence-corrected chi connectivity index (χ4v) is 4.14. The highest BCUT2D eigenvalue weighted by molar-refractivity contribution is 7.92. The van der Waals surface area contributed by atoms with E-state index in [1.807, 2.05) is 45.9 Å². The fourth-order valence-electron chi connectivity index (χ4n) is 3.29. The molecule has 0 fully saturated rings. The third-order valence-corrected chi connectivity index (χ3v) is 5.87. The lowest BCUT2D eigenvalue weighted by Crippen LogP contribution is -2.41. The Morgan fingerprint density at radius 3 is 2.42 bits per heavy atom. The Hall–Kier alpha value is -2.74. The highest BCUT2D eigenvalue weighted by Gasteiger charge is 2.23. The van der Waals surface area contributed by atoms with Gasteiger partial charge < -0.3 is 14.8 Å². The third-order valence-electron chi connectivity index (χ3n) is 4.73. The number of carbonyl (C=O) groups excluding carboxylic acids is 1. The molecule has 0 aromatic heterocycles. The second kappa shape index (κ2) is 10.5. The van der Waals surface area contributed by atoms with Crippen molar-refractivity contribution in [2.45, 2.75) is 46.3 Å². The van der Waals surface area contributed by atoms with Crippen molar-refractivity contribution in [2.24, 2.45) is 0 Å². The molecule has 0 saturated heterocycles. The zero-order chi connectivity index (χ0) is 23.2. The number of carbonyl (C=O) groups is 1. The van der Waals surface area contributed by atoms with Gasteiger partial charge >= 0.3 is 0 Å². The molecule has 1 N–H and O–H groups in total. The number of benzene rings is 2. The number of hydrogen-bond donors (Lipinski definition) is 1. The van der Waals surface area contributed by atoms with Crippen LogP contribution in [0.4, 0.5) is 5.69 Å². The molecule has 170 valence electrons. The lowest BCUT2D eigenvalue weighted by molar-refractivity contribution is -0.120. The molecule has 0 unspecified atom stereocenters. The molecule has 2 rings (SSSR count). The molecule has 31 heavy (non-hydrogen) atoms. The summed E-state index contributed by atoms with van der Waals surface area (Å²) in [5, 5.41) is 2.95. The molecule has 2 aromatic carbocycles. The van der Waals surface area contributed by atoms with E-state index in [2.05, 4.69) is 5.32 Å². The average Bonchev–Trinajstić information content (AvgIpc) is 2.69. The molecule has 0 aliphatic heterocycles. The summed E-state index contributed by atoms with van der Waals surface area (Å²) in [5.74, 6) is 0.930. The summed E-state index contributed by atoms with van der Waals surface area (Å²) in [6.07, 6.45) is 1.69. The summed E-state index contributed by atoms with van der Waals surface area (Å²) in [6, 6.07) is 12.2. The fraction of sp³-hybridized carbons (Fsp3) is 0.435. The molecular weight excluding hydrogens is 416 g/mol. The predicted octanol–water partition coefficient (Wildman–Crippen LogP) is 3.82. The van der Waals surface area contributed by atoms with E-state index in [0.29, 0.717) is 17.9 Å². The summed E-state index contributed by atoms with van der Waals surface area (Å²) in [5.41, 5.74) is 2.28. The van der Waals surface area contributed by atoms with Gasteiger partial charge in [0, 0.05) is 6.07 Å². The first-order chi connectivity index (χ1) is 14.5. The summed E-state index contributed by atoms with van der Waals surface area (Å²) in [4.78, 5) is 12.8. The number of hydrogen-bond acceptors (Lipinski definition) is 5. The van der Waals surface area contributed by atoms with Crippen LogP contribution in [0.5, 0.6) is 11.5 Å². The van der Waals surface area contributed by atoms with Crippen molar-refractivity contribution in [3.05, 3.63) is 53.6 Å². The second-order valence-corrected chi connectivity index (χ2v) is 9.60. The van der Waals surface area contributed by atoms with Gasteiger partial charge in [0.15, 0.2) is 0 Å². The highest BCUT2D eigenvalue weighted by Crippen LogP contribution is 2.26. The van der Waals surface area contributed by atoms with Gasteiger partial charge in [-0.05, 0) is 56.5 Å². The molecule has 1 amide bonds. The van der Waals surface area contributed by atoms with E-state index in [1.54, 1.807) is 31.4 Å². The van der Waals surface area contributed by atoms with E-state index >= 15 is 0 Å². The summed E-state index contributed by atoms with van der Waals surface area (Å²) in [7, 11) is -2.07. The van der Waals surface area contributed by atoms with Crippen molar-refractivity contribution in [1.82, 2.24) is 5.32 Å². The van der Waals surface area contributed by atoms with Crippen LogP contribution in [0.25, 0.3) is 0 Å². The molecule has 8 heteroatoms. The first-order valence-corrected chi connectivity index (χ1v) is 12.1. The summed E-state index contributed by atoms with van der Waals surface area (Å²) >= 11 is 0. The van der Waals surface area contributed by atoms with Crippen molar-refractivity contribution < 1.29 is 22.7 Å². The number of aryl methyl sites for hydroxylation is 1. The van der Waals surface area contributed by atoms with Crippen molar-refractivity contribution in [3.8, 4) is 11.5 Å². The van der Waals surface area contributed by atoms with E-state index in [4.69, 9.17) is 9.47 Å². The zero-order valence-electron chi connectivity index (χ0n) is 19.0. The number of nitrogens with one attached hydrogen (secondary N) is 1. The van der Waals surface area contributed by atoms with Crippen molar-refractivity contribution in [1.29, 1.82) is 0 Å². The first kappa shape index (κ1) is 24.5. The minimum atomic E-state index is -3.68. The molecule has 2 aromatic rings. The van der Waals surface area contributed by atoms with Gasteiger partial charge in [-0.3, -0.25) is 9.10 Å². The standard InChI is InChI=1S/C23H32N2O5S/c1-7-21(18-11-12-22(29-5)17(4)13-18)24-23(26)15-25(31(6,27)28)19-9-8-10-20(14-19)30-16(2)3/h8-14,16,21H,7,15H2,1-6H3,(H,24,26)/t21-/m0/s1. The van der Waals surface area contributed by atoms with Crippen LogP contribution in [-0.2, 0) is 14.8 Å². The quantitative estimate of drug-likeness (QED) is 0.597. The normalized spacial score (nSPS) is 12.4. The molecule has 0 saturated carbocycles. The Morgan fingerprint density at radius 2 is 1.87 bits per heavy atom. The van der Waals surface area contributed by atoms with Crippen molar-refractivity contribution >= 4 is 21.6 Å². The van der Waals surface area contributed by atoms with Crippen LogP contribution < -0.4 is 19.1 Å². The van der Waals surface area contributed by atoms with Gasteiger partial charge in [0.2, 0.25) is 15.9 Å². The average molecular weight is 449 g/mol.